The van der Waals surface area contributed by atoms with Gasteiger partial charge in [-0.15, -0.1) is 11.3 Å². The van der Waals surface area contributed by atoms with Crippen molar-refractivity contribution < 1.29 is 4.42 Å². The van der Waals surface area contributed by atoms with Crippen LogP contribution in [0.15, 0.2) is 162 Å². The molecule has 3 aromatic heterocycles. The Kier molecular flexibility index (Phi) is 5.74. The first-order chi connectivity index (χ1) is 23.3. The summed E-state index contributed by atoms with van der Waals surface area (Å²) in [6.07, 6.45) is 0. The van der Waals surface area contributed by atoms with Crippen LogP contribution in [-0.4, -0.2) is 4.98 Å². The van der Waals surface area contributed by atoms with Gasteiger partial charge in [-0.25, -0.2) is 4.98 Å². The van der Waals surface area contributed by atoms with Crippen LogP contribution in [0.2, 0.25) is 0 Å². The van der Waals surface area contributed by atoms with Crippen molar-refractivity contribution in [2.24, 2.45) is 0 Å². The van der Waals surface area contributed by atoms with Crippen molar-refractivity contribution >= 4 is 92.2 Å². The summed E-state index contributed by atoms with van der Waals surface area (Å²) in [6, 6.07) is 55.8. The minimum absolute atomic E-state index is 0.899. The number of fused-ring (bicyclic) bond motifs is 10. The second kappa shape index (κ2) is 10.3. The average Bonchev–Trinajstić information content (AvgIpc) is 3.71. The Morgan fingerprint density at radius 1 is 0.489 bits per heavy atom. The molecule has 7 aromatic carbocycles. The highest BCUT2D eigenvalue weighted by atomic mass is 32.1. The fraction of sp³-hybridized carbons (Fsp3) is 0. The molecule has 4 heteroatoms. The molecule has 10 rings (SSSR count). The van der Waals surface area contributed by atoms with Gasteiger partial charge < -0.3 is 9.32 Å². The molecule has 3 heterocycles. The van der Waals surface area contributed by atoms with Crippen LogP contribution in [0.3, 0.4) is 0 Å². The lowest BCUT2D eigenvalue weighted by molar-refractivity contribution is 0.673. The van der Waals surface area contributed by atoms with E-state index >= 15 is 0 Å². The van der Waals surface area contributed by atoms with Crippen molar-refractivity contribution in [3.8, 4) is 11.3 Å². The minimum atomic E-state index is 0.899. The third-order valence-electron chi connectivity index (χ3n) is 9.25. The van der Waals surface area contributed by atoms with E-state index in [2.05, 4.69) is 150 Å². The molecule has 3 nitrogen and oxygen atoms in total. The van der Waals surface area contributed by atoms with Crippen molar-refractivity contribution in [3.05, 3.63) is 158 Å². The number of anilines is 3. The molecule has 0 unspecified atom stereocenters. The monoisotopic (exact) mass is 618 g/mol. The molecule has 47 heavy (non-hydrogen) atoms. The number of nitrogens with zero attached hydrogens (tertiary/aromatic N) is 2. The fourth-order valence-corrected chi connectivity index (χ4v) is 8.32. The number of benzene rings is 7. The second-order valence-corrected chi connectivity index (χ2v) is 13.0. The van der Waals surface area contributed by atoms with E-state index in [0.717, 1.165) is 66.2 Å². The van der Waals surface area contributed by atoms with Gasteiger partial charge in [0.15, 0.2) is 0 Å². The van der Waals surface area contributed by atoms with Crippen LogP contribution in [0.4, 0.5) is 17.1 Å². The Balaban J connectivity index is 1.17. The number of furan rings is 1. The Morgan fingerprint density at radius 3 is 2.04 bits per heavy atom. The van der Waals surface area contributed by atoms with Crippen LogP contribution in [0.1, 0.15) is 0 Å². The Bertz CT molecular complexity index is 2800. The maximum absolute atomic E-state index is 6.54. The normalized spacial score (nSPS) is 11.8. The van der Waals surface area contributed by atoms with E-state index in [4.69, 9.17) is 9.40 Å². The molecule has 220 valence electrons. The van der Waals surface area contributed by atoms with Gasteiger partial charge in [0.1, 0.15) is 11.2 Å². The number of para-hydroxylation sites is 3. The lowest BCUT2D eigenvalue weighted by Gasteiger charge is -2.26. The van der Waals surface area contributed by atoms with E-state index in [1.165, 1.54) is 25.9 Å². The average molecular weight is 619 g/mol. The summed E-state index contributed by atoms with van der Waals surface area (Å²) >= 11 is 1.85. The molecular formula is C43H26N2OS. The van der Waals surface area contributed by atoms with Crippen LogP contribution in [-0.2, 0) is 0 Å². The highest BCUT2D eigenvalue weighted by molar-refractivity contribution is 7.26. The summed E-state index contributed by atoms with van der Waals surface area (Å²) < 4.78 is 9.11. The van der Waals surface area contributed by atoms with Crippen LogP contribution in [0.5, 0.6) is 0 Å². The van der Waals surface area contributed by atoms with E-state index in [9.17, 15) is 0 Å². The van der Waals surface area contributed by atoms with Crippen molar-refractivity contribution in [3.63, 3.8) is 0 Å². The predicted octanol–water partition coefficient (Wildman–Crippen LogP) is 12.8. The van der Waals surface area contributed by atoms with Gasteiger partial charge in [0.25, 0.3) is 0 Å². The Morgan fingerprint density at radius 2 is 1.17 bits per heavy atom. The van der Waals surface area contributed by atoms with Gasteiger partial charge in [0.2, 0.25) is 0 Å². The third kappa shape index (κ3) is 4.02. The van der Waals surface area contributed by atoms with Gasteiger partial charge in [-0.3, -0.25) is 0 Å². The molecule has 0 fully saturated rings. The lowest BCUT2D eigenvalue weighted by atomic mass is 9.97. The number of pyridine rings is 1. The topological polar surface area (TPSA) is 29.3 Å². The van der Waals surface area contributed by atoms with E-state index in [-0.39, 0.29) is 0 Å². The summed E-state index contributed by atoms with van der Waals surface area (Å²) in [5, 5.41) is 8.11. The molecule has 0 radical (unpaired) electrons. The molecule has 0 N–H and O–H groups in total. The quantitative estimate of drug-likeness (QED) is 0.184. The van der Waals surface area contributed by atoms with Gasteiger partial charge in [-0.1, -0.05) is 103 Å². The lowest BCUT2D eigenvalue weighted by Crippen LogP contribution is -2.09. The summed E-state index contributed by atoms with van der Waals surface area (Å²) in [5.74, 6) is 0. The first kappa shape index (κ1) is 26.3. The smallest absolute Gasteiger partial charge is 0.144 e. The largest absolute Gasteiger partial charge is 0.455 e. The van der Waals surface area contributed by atoms with Crippen molar-refractivity contribution in [1.29, 1.82) is 0 Å². The van der Waals surface area contributed by atoms with Crippen LogP contribution in [0.25, 0.3) is 75.0 Å². The number of thiophene rings is 1. The fourth-order valence-electron chi connectivity index (χ4n) is 7.12. The number of aromatic nitrogens is 1. The first-order valence-corrected chi connectivity index (χ1v) is 16.6. The first-order valence-electron chi connectivity index (χ1n) is 15.8. The summed E-state index contributed by atoms with van der Waals surface area (Å²) in [5.41, 5.74) is 8.15. The maximum Gasteiger partial charge on any atom is 0.144 e. The molecule has 0 amide bonds. The van der Waals surface area contributed by atoms with Gasteiger partial charge >= 0.3 is 0 Å². The zero-order valence-electron chi connectivity index (χ0n) is 25.2. The highest BCUT2D eigenvalue weighted by Crippen LogP contribution is 2.45. The molecule has 0 saturated heterocycles. The summed E-state index contributed by atoms with van der Waals surface area (Å²) in [6.45, 7) is 0. The van der Waals surface area contributed by atoms with Crippen LogP contribution < -0.4 is 4.90 Å². The van der Waals surface area contributed by atoms with Gasteiger partial charge in [-0.05, 0) is 54.6 Å². The molecule has 0 atom stereocenters. The van der Waals surface area contributed by atoms with E-state index in [0.29, 0.717) is 0 Å². The molecule has 0 spiro atoms. The van der Waals surface area contributed by atoms with Crippen molar-refractivity contribution in [2.75, 3.05) is 4.90 Å². The number of hydrogen-bond donors (Lipinski definition) is 0. The van der Waals surface area contributed by atoms with Crippen molar-refractivity contribution in [2.45, 2.75) is 0 Å². The Hall–Kier alpha value is -5.97. The summed E-state index contributed by atoms with van der Waals surface area (Å²) in [7, 11) is 0. The van der Waals surface area contributed by atoms with Crippen molar-refractivity contribution in [1.82, 2.24) is 4.98 Å². The van der Waals surface area contributed by atoms with Gasteiger partial charge in [0, 0.05) is 59.3 Å². The van der Waals surface area contributed by atoms with Crippen LogP contribution in [0, 0.1) is 0 Å². The predicted molar refractivity (Wildman–Crippen MR) is 200 cm³/mol. The standard InChI is InChI=1S/C43H26N2OS/c1-2-11-28(12-3-1)45(37-18-10-16-33-31-14-6-9-20-39(31)47-43(33)37)29-23-21-27(22-24-29)41-35-26-25-32-30-13-5-8-19-38(30)46-42(32)40(35)34-15-4-7-17-36(34)44-41/h1-26H. The third-order valence-corrected chi connectivity index (χ3v) is 10.5. The molecule has 0 aliphatic heterocycles. The maximum atomic E-state index is 6.54. The Labute approximate surface area is 274 Å². The van der Waals surface area contributed by atoms with E-state index < -0.39 is 0 Å². The van der Waals surface area contributed by atoms with Gasteiger partial charge in [-0.2, -0.15) is 0 Å². The van der Waals surface area contributed by atoms with Gasteiger partial charge in [0.05, 0.1) is 21.6 Å². The zero-order chi connectivity index (χ0) is 30.9. The minimum Gasteiger partial charge on any atom is -0.455 e. The number of hydrogen-bond acceptors (Lipinski definition) is 4. The van der Waals surface area contributed by atoms with Crippen LogP contribution >= 0.6 is 11.3 Å². The summed E-state index contributed by atoms with van der Waals surface area (Å²) in [4.78, 5) is 7.60. The number of rotatable bonds is 4. The molecule has 0 bridgehead atoms. The molecule has 0 aliphatic carbocycles. The highest BCUT2D eigenvalue weighted by Gasteiger charge is 2.20. The second-order valence-electron chi connectivity index (χ2n) is 11.9. The molecule has 0 saturated carbocycles. The molecular weight excluding hydrogens is 593 g/mol. The molecule has 10 aromatic rings. The SMILES string of the molecule is c1ccc(N(c2ccc(-c3nc4ccccc4c4c3ccc3c5ccccc5oc34)cc2)c2cccc3c2sc2ccccc23)cc1. The zero-order valence-corrected chi connectivity index (χ0v) is 26.0. The van der Waals surface area contributed by atoms with E-state index in [1.54, 1.807) is 0 Å². The van der Waals surface area contributed by atoms with E-state index in [1.807, 2.05) is 23.5 Å². The molecule has 0 aliphatic rings.